The minimum atomic E-state index is -1.50. The van der Waals surface area contributed by atoms with E-state index >= 15 is 0 Å². The number of amides is 2. The van der Waals surface area contributed by atoms with E-state index in [2.05, 4.69) is 10.6 Å². The third kappa shape index (κ3) is 6.01. The van der Waals surface area contributed by atoms with E-state index in [1.807, 2.05) is 0 Å². The standard InChI is InChI=1S/C15H26N2O5/c1-15(10-22-2,14(20)21)17-13(19)9-16-12(18)8-11-6-4-3-5-7-11/h11H,3-10H2,1-2H3,(H,16,18)(H,17,19)(H,20,21). The molecule has 1 unspecified atom stereocenters. The molecule has 0 aromatic heterocycles. The van der Waals surface area contributed by atoms with Crippen LogP contribution in [0.2, 0.25) is 0 Å². The first-order chi connectivity index (χ1) is 10.4. The van der Waals surface area contributed by atoms with Gasteiger partial charge in [-0.1, -0.05) is 19.3 Å². The van der Waals surface area contributed by atoms with Crippen molar-refractivity contribution >= 4 is 17.8 Å². The number of carboxylic acid groups (broad SMARTS) is 1. The molecule has 0 bridgehead atoms. The number of hydrogen-bond acceptors (Lipinski definition) is 4. The second kappa shape index (κ2) is 8.73. The van der Waals surface area contributed by atoms with Crippen LogP contribution < -0.4 is 10.6 Å². The third-order valence-electron chi connectivity index (χ3n) is 3.97. The molecule has 0 aliphatic heterocycles. The van der Waals surface area contributed by atoms with Gasteiger partial charge in [-0.25, -0.2) is 4.79 Å². The first-order valence-electron chi connectivity index (χ1n) is 7.67. The van der Waals surface area contributed by atoms with Gasteiger partial charge in [0, 0.05) is 13.5 Å². The van der Waals surface area contributed by atoms with Gasteiger partial charge in [0.25, 0.3) is 0 Å². The van der Waals surface area contributed by atoms with E-state index in [4.69, 9.17) is 9.84 Å². The zero-order valence-corrected chi connectivity index (χ0v) is 13.3. The maximum atomic E-state index is 11.8. The summed E-state index contributed by atoms with van der Waals surface area (Å²) in [5.41, 5.74) is -1.50. The van der Waals surface area contributed by atoms with Crippen molar-refractivity contribution in [3.63, 3.8) is 0 Å². The molecule has 3 N–H and O–H groups in total. The Morgan fingerprint density at radius 2 is 1.82 bits per heavy atom. The summed E-state index contributed by atoms with van der Waals surface area (Å²) in [6.45, 7) is 0.989. The van der Waals surface area contributed by atoms with Gasteiger partial charge in [0.05, 0.1) is 13.2 Å². The monoisotopic (exact) mass is 314 g/mol. The van der Waals surface area contributed by atoms with Gasteiger partial charge in [0.15, 0.2) is 5.54 Å². The Kier molecular flexibility index (Phi) is 7.31. The molecule has 1 atom stereocenters. The van der Waals surface area contributed by atoms with E-state index in [-0.39, 0.29) is 19.1 Å². The van der Waals surface area contributed by atoms with Gasteiger partial charge in [-0.15, -0.1) is 0 Å². The molecular formula is C15H26N2O5. The highest BCUT2D eigenvalue weighted by Gasteiger charge is 2.34. The Bertz CT molecular complexity index is 407. The van der Waals surface area contributed by atoms with Crippen molar-refractivity contribution in [2.75, 3.05) is 20.3 Å². The van der Waals surface area contributed by atoms with Gasteiger partial charge in [-0.05, 0) is 25.7 Å². The first kappa shape index (κ1) is 18.4. The molecule has 0 spiro atoms. The van der Waals surface area contributed by atoms with E-state index in [0.717, 1.165) is 25.7 Å². The molecule has 1 aliphatic carbocycles. The van der Waals surface area contributed by atoms with Crippen LogP contribution in [0.4, 0.5) is 0 Å². The Hall–Kier alpha value is -1.63. The lowest BCUT2D eigenvalue weighted by Crippen LogP contribution is -2.57. The second-order valence-corrected chi connectivity index (χ2v) is 6.10. The van der Waals surface area contributed by atoms with Crippen LogP contribution in [0.3, 0.4) is 0 Å². The maximum Gasteiger partial charge on any atom is 0.331 e. The topological polar surface area (TPSA) is 105 Å². The Labute approximate surface area is 130 Å². The van der Waals surface area contributed by atoms with Crippen molar-refractivity contribution in [3.8, 4) is 0 Å². The summed E-state index contributed by atoms with van der Waals surface area (Å²) in [6, 6.07) is 0. The fourth-order valence-corrected chi connectivity index (χ4v) is 2.70. The molecular weight excluding hydrogens is 288 g/mol. The van der Waals surface area contributed by atoms with E-state index in [9.17, 15) is 14.4 Å². The van der Waals surface area contributed by atoms with Gasteiger partial charge in [0.2, 0.25) is 11.8 Å². The average Bonchev–Trinajstić information content (AvgIpc) is 2.46. The molecule has 0 radical (unpaired) electrons. The van der Waals surface area contributed by atoms with E-state index in [1.165, 1.54) is 20.5 Å². The molecule has 7 heteroatoms. The van der Waals surface area contributed by atoms with Crippen molar-refractivity contribution in [2.24, 2.45) is 5.92 Å². The highest BCUT2D eigenvalue weighted by atomic mass is 16.5. The number of aliphatic carboxylic acids is 1. The molecule has 1 rings (SSSR count). The highest BCUT2D eigenvalue weighted by Crippen LogP contribution is 2.25. The van der Waals surface area contributed by atoms with Crippen LogP contribution in [0.15, 0.2) is 0 Å². The van der Waals surface area contributed by atoms with E-state index in [0.29, 0.717) is 12.3 Å². The molecule has 0 saturated heterocycles. The quantitative estimate of drug-likeness (QED) is 0.611. The molecule has 2 amide bonds. The Morgan fingerprint density at radius 1 is 1.18 bits per heavy atom. The lowest BCUT2D eigenvalue weighted by Gasteiger charge is -2.25. The molecule has 126 valence electrons. The molecule has 1 saturated carbocycles. The number of nitrogens with one attached hydrogen (secondary N) is 2. The van der Waals surface area contributed by atoms with Crippen LogP contribution in [-0.4, -0.2) is 48.7 Å². The second-order valence-electron chi connectivity index (χ2n) is 6.10. The first-order valence-corrected chi connectivity index (χ1v) is 7.67. The van der Waals surface area contributed by atoms with E-state index < -0.39 is 17.4 Å². The van der Waals surface area contributed by atoms with Crippen LogP contribution in [-0.2, 0) is 19.1 Å². The zero-order valence-electron chi connectivity index (χ0n) is 13.3. The molecule has 22 heavy (non-hydrogen) atoms. The van der Waals surface area contributed by atoms with Gasteiger partial charge < -0.3 is 20.5 Å². The predicted molar refractivity (Wildman–Crippen MR) is 80.3 cm³/mol. The number of carbonyl (C=O) groups is 3. The summed E-state index contributed by atoms with van der Waals surface area (Å²) in [7, 11) is 1.36. The van der Waals surface area contributed by atoms with Crippen LogP contribution in [0.5, 0.6) is 0 Å². The molecule has 7 nitrogen and oxygen atoms in total. The van der Waals surface area contributed by atoms with Crippen LogP contribution in [0, 0.1) is 5.92 Å². The summed E-state index contributed by atoms with van der Waals surface area (Å²) in [5, 5.41) is 14.0. The van der Waals surface area contributed by atoms with Gasteiger partial charge in [-0.2, -0.15) is 0 Å². The highest BCUT2D eigenvalue weighted by molar-refractivity contribution is 5.89. The number of carbonyl (C=O) groups excluding carboxylic acids is 2. The normalized spacial score (nSPS) is 18.3. The molecule has 1 fully saturated rings. The minimum absolute atomic E-state index is 0.149. The molecule has 0 aromatic carbocycles. The fourth-order valence-electron chi connectivity index (χ4n) is 2.70. The fraction of sp³-hybridized carbons (Fsp3) is 0.800. The van der Waals surface area contributed by atoms with Crippen molar-refractivity contribution in [3.05, 3.63) is 0 Å². The maximum absolute atomic E-state index is 11.8. The van der Waals surface area contributed by atoms with Gasteiger partial charge in [-0.3, -0.25) is 9.59 Å². The van der Waals surface area contributed by atoms with Crippen LogP contribution >= 0.6 is 0 Å². The van der Waals surface area contributed by atoms with Crippen molar-refractivity contribution in [1.29, 1.82) is 0 Å². The predicted octanol–water partition coefficient (Wildman–Crippen LogP) is 0.679. The summed E-state index contributed by atoms with van der Waals surface area (Å²) < 4.78 is 4.81. The summed E-state index contributed by atoms with van der Waals surface area (Å²) in [6.07, 6.45) is 6.10. The number of hydrogen-bond donors (Lipinski definition) is 3. The number of carboxylic acids is 1. The SMILES string of the molecule is COCC(C)(NC(=O)CNC(=O)CC1CCCCC1)C(=O)O. The summed E-state index contributed by atoms with van der Waals surface area (Å²) >= 11 is 0. The van der Waals surface area contributed by atoms with Crippen LogP contribution in [0.1, 0.15) is 45.4 Å². The largest absolute Gasteiger partial charge is 0.479 e. The third-order valence-corrected chi connectivity index (χ3v) is 3.97. The van der Waals surface area contributed by atoms with E-state index in [1.54, 1.807) is 0 Å². The molecule has 0 heterocycles. The Morgan fingerprint density at radius 3 is 2.36 bits per heavy atom. The minimum Gasteiger partial charge on any atom is -0.479 e. The summed E-state index contributed by atoms with van der Waals surface area (Å²) in [5.74, 6) is -1.49. The lowest BCUT2D eigenvalue weighted by atomic mass is 9.87. The van der Waals surface area contributed by atoms with Crippen molar-refractivity contribution in [2.45, 2.75) is 51.0 Å². The zero-order chi connectivity index (χ0) is 16.6. The van der Waals surface area contributed by atoms with Gasteiger partial charge >= 0.3 is 5.97 Å². The molecule has 0 aromatic rings. The number of rotatable bonds is 8. The Balaban J connectivity index is 2.34. The lowest BCUT2D eigenvalue weighted by molar-refractivity contribution is -0.149. The van der Waals surface area contributed by atoms with Crippen molar-refractivity contribution < 1.29 is 24.2 Å². The number of methoxy groups -OCH3 is 1. The van der Waals surface area contributed by atoms with Gasteiger partial charge in [0.1, 0.15) is 0 Å². The number of ether oxygens (including phenoxy) is 1. The summed E-state index contributed by atoms with van der Waals surface area (Å²) in [4.78, 5) is 34.8. The average molecular weight is 314 g/mol. The smallest absolute Gasteiger partial charge is 0.331 e. The van der Waals surface area contributed by atoms with Crippen LogP contribution in [0.25, 0.3) is 0 Å². The van der Waals surface area contributed by atoms with Crippen molar-refractivity contribution in [1.82, 2.24) is 10.6 Å². The molecule has 1 aliphatic rings.